The van der Waals surface area contributed by atoms with Gasteiger partial charge in [-0.15, -0.1) is 11.3 Å². The first-order valence-electron chi connectivity index (χ1n) is 4.89. The predicted octanol–water partition coefficient (Wildman–Crippen LogP) is 1.83. The van der Waals surface area contributed by atoms with Gasteiger partial charge in [0.05, 0.1) is 10.3 Å². The summed E-state index contributed by atoms with van der Waals surface area (Å²) >= 11 is 5.20. The molecular formula is C10H13BrN2OS. The monoisotopic (exact) mass is 288 g/mol. The van der Waals surface area contributed by atoms with Crippen molar-refractivity contribution in [2.24, 2.45) is 0 Å². The molecule has 1 atom stereocenters. The van der Waals surface area contributed by atoms with Gasteiger partial charge in [0.25, 0.3) is 0 Å². The molecular weight excluding hydrogens is 276 g/mol. The summed E-state index contributed by atoms with van der Waals surface area (Å²) in [6.45, 7) is 4.31. The molecule has 0 aromatic carbocycles. The van der Waals surface area contributed by atoms with E-state index in [0.717, 1.165) is 13.1 Å². The average molecular weight is 289 g/mol. The van der Waals surface area contributed by atoms with Crippen molar-refractivity contribution in [2.75, 3.05) is 13.1 Å². The lowest BCUT2D eigenvalue weighted by atomic mass is 10.2. The zero-order valence-electron chi connectivity index (χ0n) is 8.50. The first-order chi connectivity index (χ1) is 7.15. The van der Waals surface area contributed by atoms with Gasteiger partial charge in [0.1, 0.15) is 0 Å². The third kappa shape index (κ3) is 2.80. The smallest absolute Gasteiger partial charge is 0.234 e. The minimum Gasteiger partial charge on any atom is -0.351 e. The van der Waals surface area contributed by atoms with Gasteiger partial charge in [-0.1, -0.05) is 0 Å². The number of piperazine rings is 1. The summed E-state index contributed by atoms with van der Waals surface area (Å²) in [7, 11) is 0. The normalized spacial score (nSPS) is 22.8. The van der Waals surface area contributed by atoms with Crippen LogP contribution in [0.2, 0.25) is 0 Å². The summed E-state index contributed by atoms with van der Waals surface area (Å²) in [6.07, 6.45) is 0. The van der Waals surface area contributed by atoms with Gasteiger partial charge in [0.15, 0.2) is 0 Å². The van der Waals surface area contributed by atoms with Crippen molar-refractivity contribution in [3.63, 3.8) is 0 Å². The number of hydrogen-bond acceptors (Lipinski definition) is 3. The Kier molecular flexibility index (Phi) is 3.43. The van der Waals surface area contributed by atoms with Crippen molar-refractivity contribution >= 4 is 33.2 Å². The summed E-state index contributed by atoms with van der Waals surface area (Å²) in [6, 6.07) is 2.36. The van der Waals surface area contributed by atoms with E-state index in [2.05, 4.69) is 37.6 Å². The molecule has 3 nitrogen and oxygen atoms in total. The second kappa shape index (κ2) is 4.63. The van der Waals surface area contributed by atoms with Crippen LogP contribution in [0.5, 0.6) is 0 Å². The van der Waals surface area contributed by atoms with E-state index in [1.54, 1.807) is 11.3 Å². The predicted molar refractivity (Wildman–Crippen MR) is 64.9 cm³/mol. The molecule has 2 heterocycles. The van der Waals surface area contributed by atoms with Crippen LogP contribution in [0.25, 0.3) is 0 Å². The number of rotatable bonds is 2. The Morgan fingerprint density at radius 3 is 3.13 bits per heavy atom. The molecule has 1 aliphatic rings. The van der Waals surface area contributed by atoms with E-state index in [1.807, 2.05) is 6.92 Å². The summed E-state index contributed by atoms with van der Waals surface area (Å²) in [4.78, 5) is 13.5. The Morgan fingerprint density at radius 1 is 1.73 bits per heavy atom. The molecule has 0 saturated carbocycles. The van der Waals surface area contributed by atoms with E-state index in [0.29, 0.717) is 6.54 Å². The van der Waals surface area contributed by atoms with Crippen molar-refractivity contribution in [3.05, 3.63) is 20.8 Å². The average Bonchev–Trinajstić information content (AvgIpc) is 2.50. The summed E-state index contributed by atoms with van der Waals surface area (Å²) < 4.78 is 1.17. The molecule has 2 rings (SSSR count). The number of carbonyl (C=O) groups excluding carboxylic acids is 1. The van der Waals surface area contributed by atoms with E-state index in [-0.39, 0.29) is 11.9 Å². The number of thiophene rings is 1. The molecule has 15 heavy (non-hydrogen) atoms. The van der Waals surface area contributed by atoms with Gasteiger partial charge in [0.2, 0.25) is 5.91 Å². The second-order valence-corrected chi connectivity index (χ2v) is 6.09. The van der Waals surface area contributed by atoms with Gasteiger partial charge in [-0.2, -0.15) is 0 Å². The fourth-order valence-corrected chi connectivity index (χ4v) is 3.03. The van der Waals surface area contributed by atoms with Crippen molar-refractivity contribution < 1.29 is 4.79 Å². The Labute approximate surface area is 102 Å². The zero-order valence-corrected chi connectivity index (χ0v) is 10.9. The molecule has 1 saturated heterocycles. The van der Waals surface area contributed by atoms with Crippen molar-refractivity contribution in [1.82, 2.24) is 10.2 Å². The Bertz CT molecular complexity index is 366. The van der Waals surface area contributed by atoms with Crippen LogP contribution in [0.15, 0.2) is 15.2 Å². The lowest BCUT2D eigenvalue weighted by Crippen LogP contribution is -2.52. The van der Waals surface area contributed by atoms with Crippen LogP contribution in [0.3, 0.4) is 0 Å². The van der Waals surface area contributed by atoms with E-state index in [9.17, 15) is 4.79 Å². The van der Waals surface area contributed by atoms with E-state index in [1.165, 1.54) is 9.35 Å². The third-order valence-electron chi connectivity index (χ3n) is 2.39. The molecule has 1 aliphatic heterocycles. The van der Waals surface area contributed by atoms with Crippen LogP contribution < -0.4 is 5.32 Å². The third-order valence-corrected chi connectivity index (χ3v) is 4.21. The molecule has 0 aliphatic carbocycles. The maximum atomic E-state index is 11.3. The minimum atomic E-state index is 0.125. The van der Waals surface area contributed by atoms with Crippen molar-refractivity contribution in [1.29, 1.82) is 0 Å². The fourth-order valence-electron chi connectivity index (χ4n) is 1.81. The zero-order chi connectivity index (χ0) is 10.8. The summed E-state index contributed by atoms with van der Waals surface area (Å²) in [5.41, 5.74) is 1.27. The second-order valence-electron chi connectivity index (χ2n) is 3.86. The molecule has 1 unspecified atom stereocenters. The number of carbonyl (C=O) groups is 1. The molecule has 1 N–H and O–H groups in total. The molecule has 1 amide bonds. The maximum Gasteiger partial charge on any atom is 0.234 e. The van der Waals surface area contributed by atoms with Crippen LogP contribution >= 0.6 is 27.3 Å². The largest absolute Gasteiger partial charge is 0.351 e. The molecule has 82 valence electrons. The Morgan fingerprint density at radius 2 is 2.53 bits per heavy atom. The first kappa shape index (κ1) is 11.1. The number of nitrogens with zero attached hydrogens (tertiary/aromatic N) is 1. The summed E-state index contributed by atoms with van der Waals surface area (Å²) in [5.74, 6) is 0.125. The quantitative estimate of drug-likeness (QED) is 0.901. The van der Waals surface area contributed by atoms with Gasteiger partial charge in [0, 0.05) is 19.1 Å². The Balaban J connectivity index is 2.00. The maximum absolute atomic E-state index is 11.3. The first-order valence-corrected chi connectivity index (χ1v) is 6.56. The van der Waals surface area contributed by atoms with Crippen LogP contribution in [0.1, 0.15) is 12.5 Å². The van der Waals surface area contributed by atoms with Gasteiger partial charge >= 0.3 is 0 Å². The van der Waals surface area contributed by atoms with Gasteiger partial charge in [-0.05, 0) is 39.9 Å². The van der Waals surface area contributed by atoms with Crippen molar-refractivity contribution in [2.45, 2.75) is 19.5 Å². The number of hydrogen-bond donors (Lipinski definition) is 1. The minimum absolute atomic E-state index is 0.125. The van der Waals surface area contributed by atoms with E-state index < -0.39 is 0 Å². The number of nitrogens with one attached hydrogen (secondary N) is 1. The Hall–Kier alpha value is -0.390. The molecule has 5 heteroatoms. The highest BCUT2D eigenvalue weighted by atomic mass is 79.9. The van der Waals surface area contributed by atoms with Gasteiger partial charge in [-0.25, -0.2) is 0 Å². The van der Waals surface area contributed by atoms with Crippen LogP contribution in [-0.4, -0.2) is 29.9 Å². The van der Waals surface area contributed by atoms with E-state index >= 15 is 0 Å². The van der Waals surface area contributed by atoms with Crippen LogP contribution in [0, 0.1) is 0 Å². The lowest BCUT2D eigenvalue weighted by Gasteiger charge is -2.30. The van der Waals surface area contributed by atoms with Gasteiger partial charge < -0.3 is 5.32 Å². The molecule has 0 spiro atoms. The van der Waals surface area contributed by atoms with Crippen LogP contribution in [0.4, 0.5) is 0 Å². The lowest BCUT2D eigenvalue weighted by molar-refractivity contribution is -0.125. The molecule has 0 radical (unpaired) electrons. The molecule has 1 fully saturated rings. The van der Waals surface area contributed by atoms with Crippen molar-refractivity contribution in [3.8, 4) is 0 Å². The standard InChI is InChI=1S/C10H13BrN2OS/c1-7-4-13(6-9(14)12-7)5-8-2-3-15-10(8)11/h2-3,7H,4-6H2,1H3,(H,12,14). The SMILES string of the molecule is CC1CN(Cc2ccsc2Br)CC(=O)N1. The fraction of sp³-hybridized carbons (Fsp3) is 0.500. The summed E-state index contributed by atoms with van der Waals surface area (Å²) in [5, 5.41) is 4.98. The highest BCUT2D eigenvalue weighted by Crippen LogP contribution is 2.24. The molecule has 1 aromatic rings. The number of amides is 1. The highest BCUT2D eigenvalue weighted by molar-refractivity contribution is 9.11. The topological polar surface area (TPSA) is 32.3 Å². The van der Waals surface area contributed by atoms with E-state index in [4.69, 9.17) is 0 Å². The molecule has 0 bridgehead atoms. The van der Waals surface area contributed by atoms with Crippen LogP contribution in [-0.2, 0) is 11.3 Å². The van der Waals surface area contributed by atoms with Gasteiger partial charge in [-0.3, -0.25) is 9.69 Å². The molecule has 1 aromatic heterocycles. The highest BCUT2D eigenvalue weighted by Gasteiger charge is 2.21. The number of halogens is 1.